The molecule has 0 aromatic carbocycles. The van der Waals surface area contributed by atoms with Gasteiger partial charge in [0.1, 0.15) is 0 Å². The first-order valence-corrected chi connectivity index (χ1v) is 5.19. The molecule has 0 aliphatic rings. The van der Waals surface area contributed by atoms with E-state index in [2.05, 4.69) is 9.72 Å². The van der Waals surface area contributed by atoms with Gasteiger partial charge in [0.2, 0.25) is 5.88 Å². The molecule has 0 saturated carbocycles. The van der Waals surface area contributed by atoms with Gasteiger partial charge >= 0.3 is 6.36 Å². The highest BCUT2D eigenvalue weighted by atomic mass is 127. The minimum atomic E-state index is -4.77. The van der Waals surface area contributed by atoms with Crippen molar-refractivity contribution in [3.8, 4) is 11.9 Å². The monoisotopic (exact) mass is 342 g/mol. The average Bonchev–Trinajstić information content (AvgIpc) is 2.15. The van der Waals surface area contributed by atoms with Gasteiger partial charge in [-0.1, -0.05) is 0 Å². The minimum absolute atomic E-state index is 0.0286. The average molecular weight is 342 g/mol. The van der Waals surface area contributed by atoms with Crippen LogP contribution >= 0.6 is 22.6 Å². The van der Waals surface area contributed by atoms with Crippen molar-refractivity contribution in [1.82, 2.24) is 4.98 Å². The van der Waals surface area contributed by atoms with Gasteiger partial charge in [-0.25, -0.2) is 4.98 Å². The fraction of sp³-hybridized carbons (Fsp3) is 0.333. The molecule has 0 atom stereocenters. The van der Waals surface area contributed by atoms with Gasteiger partial charge in [-0.3, -0.25) is 0 Å². The molecule has 0 amide bonds. The summed E-state index contributed by atoms with van der Waals surface area (Å²) in [5.41, 5.74) is 0.753. The van der Waals surface area contributed by atoms with Crippen LogP contribution in [0.5, 0.6) is 5.88 Å². The molecule has 1 rings (SSSR count). The van der Waals surface area contributed by atoms with E-state index in [1.165, 1.54) is 13.1 Å². The van der Waals surface area contributed by atoms with Crippen molar-refractivity contribution in [1.29, 1.82) is 5.26 Å². The Bertz CT molecular complexity index is 440. The number of ether oxygens (including phenoxy) is 1. The predicted octanol–water partition coefficient (Wildman–Crippen LogP) is 2.96. The second-order valence-electron chi connectivity index (χ2n) is 2.90. The van der Waals surface area contributed by atoms with Crippen LogP contribution in [0, 0.1) is 21.8 Å². The molecule has 0 saturated heterocycles. The van der Waals surface area contributed by atoms with Crippen molar-refractivity contribution in [2.24, 2.45) is 0 Å². The summed E-state index contributed by atoms with van der Waals surface area (Å²) in [6, 6.07) is 1.89. The number of pyridine rings is 1. The second kappa shape index (κ2) is 4.86. The third-order valence-corrected chi connectivity index (χ3v) is 2.75. The maximum absolute atomic E-state index is 12.0. The number of nitriles is 1. The molecule has 0 radical (unpaired) electrons. The molecule has 0 aliphatic heterocycles. The maximum Gasteiger partial charge on any atom is 0.574 e. The van der Waals surface area contributed by atoms with Crippen LogP contribution in [-0.2, 0) is 6.42 Å². The SMILES string of the molecule is Cc1c(OC(F)(F)F)ncc(I)c1CC#N. The first-order chi connectivity index (χ1) is 7.35. The molecule has 16 heavy (non-hydrogen) atoms. The van der Waals surface area contributed by atoms with Crippen LogP contribution in [0.25, 0.3) is 0 Å². The Hall–Kier alpha value is -1.04. The third-order valence-electron chi connectivity index (χ3n) is 1.83. The lowest BCUT2D eigenvalue weighted by atomic mass is 10.1. The molecular formula is C9H6F3IN2O. The lowest BCUT2D eigenvalue weighted by molar-refractivity contribution is -0.276. The van der Waals surface area contributed by atoms with Crippen LogP contribution in [0.4, 0.5) is 13.2 Å². The first kappa shape index (κ1) is 13.0. The van der Waals surface area contributed by atoms with Crippen LogP contribution in [0.2, 0.25) is 0 Å². The fourth-order valence-electron chi connectivity index (χ4n) is 1.11. The van der Waals surface area contributed by atoms with Gasteiger partial charge in [0.25, 0.3) is 0 Å². The van der Waals surface area contributed by atoms with Crippen LogP contribution in [0.3, 0.4) is 0 Å². The van der Waals surface area contributed by atoms with Gasteiger partial charge in [-0.15, -0.1) is 13.2 Å². The number of hydrogen-bond acceptors (Lipinski definition) is 3. The number of hydrogen-bond donors (Lipinski definition) is 0. The lowest BCUT2D eigenvalue weighted by Gasteiger charge is -2.12. The van der Waals surface area contributed by atoms with Crippen LogP contribution < -0.4 is 4.74 Å². The molecule has 86 valence electrons. The van der Waals surface area contributed by atoms with E-state index in [0.717, 1.165) is 0 Å². The standard InChI is InChI=1S/C9H6F3IN2O/c1-5-6(2-3-14)7(13)4-15-8(5)16-9(10,11)12/h4H,2H2,1H3. The van der Waals surface area contributed by atoms with E-state index in [1.807, 2.05) is 28.7 Å². The summed E-state index contributed by atoms with van der Waals surface area (Å²) in [5.74, 6) is -0.502. The van der Waals surface area contributed by atoms with Crippen molar-refractivity contribution in [3.63, 3.8) is 0 Å². The zero-order valence-corrected chi connectivity index (χ0v) is 10.3. The zero-order chi connectivity index (χ0) is 12.3. The molecule has 0 fully saturated rings. The molecule has 1 aromatic rings. The van der Waals surface area contributed by atoms with Gasteiger partial charge in [-0.2, -0.15) is 5.26 Å². The van der Waals surface area contributed by atoms with E-state index < -0.39 is 12.2 Å². The largest absolute Gasteiger partial charge is 0.574 e. The molecular weight excluding hydrogens is 336 g/mol. The summed E-state index contributed by atoms with van der Waals surface area (Å²) in [7, 11) is 0. The summed E-state index contributed by atoms with van der Waals surface area (Å²) >= 11 is 1.91. The normalized spacial score (nSPS) is 11.0. The Kier molecular flexibility index (Phi) is 3.96. The topological polar surface area (TPSA) is 45.9 Å². The Morgan fingerprint density at radius 3 is 2.69 bits per heavy atom. The van der Waals surface area contributed by atoms with Gasteiger partial charge in [0, 0.05) is 15.3 Å². The molecule has 0 N–H and O–H groups in total. The number of halogens is 4. The van der Waals surface area contributed by atoms with Gasteiger partial charge in [-0.05, 0) is 35.1 Å². The summed E-state index contributed by atoms with van der Waals surface area (Å²) in [6.07, 6.45) is -3.49. The zero-order valence-electron chi connectivity index (χ0n) is 8.10. The van der Waals surface area contributed by atoms with Crippen molar-refractivity contribution in [3.05, 3.63) is 20.9 Å². The minimum Gasteiger partial charge on any atom is -0.388 e. The first-order valence-electron chi connectivity index (χ1n) is 4.12. The highest BCUT2D eigenvalue weighted by molar-refractivity contribution is 14.1. The van der Waals surface area contributed by atoms with E-state index in [9.17, 15) is 13.2 Å². The summed E-state index contributed by atoms with van der Waals surface area (Å²) in [6.45, 7) is 1.45. The molecule has 0 unspecified atom stereocenters. The van der Waals surface area contributed by atoms with E-state index >= 15 is 0 Å². The highest BCUT2D eigenvalue weighted by Gasteiger charge is 2.33. The number of aromatic nitrogens is 1. The third kappa shape index (κ3) is 3.23. The maximum atomic E-state index is 12.0. The van der Waals surface area contributed by atoms with E-state index in [4.69, 9.17) is 5.26 Å². The molecule has 3 nitrogen and oxygen atoms in total. The van der Waals surface area contributed by atoms with Crippen LogP contribution in [0.1, 0.15) is 11.1 Å². The van der Waals surface area contributed by atoms with Crippen molar-refractivity contribution >= 4 is 22.6 Å². The molecule has 1 aromatic heterocycles. The Morgan fingerprint density at radius 2 is 2.19 bits per heavy atom. The quantitative estimate of drug-likeness (QED) is 0.777. The Labute approximate surface area is 103 Å². The number of alkyl halides is 3. The van der Waals surface area contributed by atoms with Gasteiger partial charge in [0.05, 0.1) is 12.5 Å². The van der Waals surface area contributed by atoms with Gasteiger partial charge in [0.15, 0.2) is 0 Å². The Balaban J connectivity index is 3.14. The van der Waals surface area contributed by atoms with Crippen molar-refractivity contribution in [2.75, 3.05) is 0 Å². The lowest BCUT2D eigenvalue weighted by Crippen LogP contribution is -2.19. The van der Waals surface area contributed by atoms with Crippen LogP contribution in [-0.4, -0.2) is 11.3 Å². The summed E-state index contributed by atoms with van der Waals surface area (Å²) < 4.78 is 40.4. The molecule has 0 aliphatic carbocycles. The predicted molar refractivity (Wildman–Crippen MR) is 57.7 cm³/mol. The van der Waals surface area contributed by atoms with Crippen molar-refractivity contribution < 1.29 is 17.9 Å². The summed E-state index contributed by atoms with van der Waals surface area (Å²) in [4.78, 5) is 3.55. The highest BCUT2D eigenvalue weighted by Crippen LogP contribution is 2.28. The van der Waals surface area contributed by atoms with E-state index in [-0.39, 0.29) is 12.0 Å². The van der Waals surface area contributed by atoms with E-state index in [0.29, 0.717) is 9.13 Å². The number of nitrogens with zero attached hydrogens (tertiary/aromatic N) is 2. The smallest absolute Gasteiger partial charge is 0.388 e. The molecule has 0 bridgehead atoms. The summed E-state index contributed by atoms with van der Waals surface area (Å²) in [5, 5.41) is 8.56. The second-order valence-corrected chi connectivity index (χ2v) is 4.06. The Morgan fingerprint density at radius 1 is 1.56 bits per heavy atom. The van der Waals surface area contributed by atoms with Gasteiger partial charge < -0.3 is 4.74 Å². The number of rotatable bonds is 2. The van der Waals surface area contributed by atoms with Crippen LogP contribution in [0.15, 0.2) is 6.20 Å². The molecule has 1 heterocycles. The molecule has 0 spiro atoms. The fourth-order valence-corrected chi connectivity index (χ4v) is 1.84. The van der Waals surface area contributed by atoms with E-state index in [1.54, 1.807) is 0 Å². The van der Waals surface area contributed by atoms with Crippen molar-refractivity contribution in [2.45, 2.75) is 19.7 Å². The molecule has 7 heteroatoms.